The van der Waals surface area contributed by atoms with Crippen molar-refractivity contribution < 1.29 is 0 Å². The third-order valence-electron chi connectivity index (χ3n) is 5.25. The number of hydrogen-bond acceptors (Lipinski definition) is 2. The monoisotopic (exact) mass is 271 g/mol. The summed E-state index contributed by atoms with van der Waals surface area (Å²) in [5.74, 6) is 2.17. The van der Waals surface area contributed by atoms with E-state index in [-0.39, 0.29) is 6.04 Å². The molecule has 1 aliphatic carbocycles. The number of nitrogens with zero attached hydrogens (tertiary/aromatic N) is 2. The minimum atomic E-state index is 0.0658. The highest BCUT2D eigenvalue weighted by atomic mass is 15.3. The fourth-order valence-corrected chi connectivity index (χ4v) is 3.63. The summed E-state index contributed by atoms with van der Waals surface area (Å²) in [6.45, 7) is 4.72. The maximum absolute atomic E-state index is 6.58. The van der Waals surface area contributed by atoms with Crippen molar-refractivity contribution >= 4 is 10.9 Å². The van der Waals surface area contributed by atoms with Gasteiger partial charge in [-0.25, -0.2) is 0 Å². The summed E-state index contributed by atoms with van der Waals surface area (Å²) in [4.78, 5) is 0. The number of rotatable bonds is 2. The van der Waals surface area contributed by atoms with Crippen LogP contribution in [0.1, 0.15) is 44.8 Å². The molecule has 3 heteroatoms. The predicted molar refractivity (Wildman–Crippen MR) is 83.3 cm³/mol. The lowest BCUT2D eigenvalue weighted by molar-refractivity contribution is 0.185. The molecule has 1 fully saturated rings. The molecular formula is C17H25N3. The van der Waals surface area contributed by atoms with Crippen LogP contribution < -0.4 is 5.73 Å². The Morgan fingerprint density at radius 1 is 1.20 bits per heavy atom. The number of hydrogen-bond donors (Lipinski definition) is 1. The number of para-hydroxylation sites is 1. The van der Waals surface area contributed by atoms with E-state index in [4.69, 9.17) is 10.8 Å². The Balaban J connectivity index is 1.91. The van der Waals surface area contributed by atoms with Gasteiger partial charge in [0.15, 0.2) is 0 Å². The molecule has 0 bridgehead atoms. The van der Waals surface area contributed by atoms with Gasteiger partial charge in [0.05, 0.1) is 17.3 Å². The smallest absolute Gasteiger partial charge is 0.0873 e. The van der Waals surface area contributed by atoms with Gasteiger partial charge in [-0.1, -0.05) is 38.5 Å². The van der Waals surface area contributed by atoms with Gasteiger partial charge in [-0.15, -0.1) is 0 Å². The van der Waals surface area contributed by atoms with Gasteiger partial charge in [-0.05, 0) is 36.7 Å². The van der Waals surface area contributed by atoms with Crippen LogP contribution in [0.15, 0.2) is 24.3 Å². The van der Waals surface area contributed by atoms with Crippen LogP contribution in [0.25, 0.3) is 10.9 Å². The molecule has 0 saturated heterocycles. The second-order valence-electron chi connectivity index (χ2n) is 6.58. The van der Waals surface area contributed by atoms with Crippen molar-refractivity contribution in [1.82, 2.24) is 9.78 Å². The van der Waals surface area contributed by atoms with Gasteiger partial charge in [-0.2, -0.15) is 5.10 Å². The summed E-state index contributed by atoms with van der Waals surface area (Å²) in [5.41, 5.74) is 8.84. The van der Waals surface area contributed by atoms with Crippen molar-refractivity contribution in [3.8, 4) is 0 Å². The fraction of sp³-hybridized carbons (Fsp3) is 0.588. The molecule has 2 aromatic rings. The van der Waals surface area contributed by atoms with E-state index >= 15 is 0 Å². The largest absolute Gasteiger partial charge is 0.322 e. The molecule has 1 saturated carbocycles. The zero-order valence-electron chi connectivity index (χ0n) is 12.7. The number of aryl methyl sites for hydroxylation is 1. The Labute approximate surface area is 121 Å². The summed E-state index contributed by atoms with van der Waals surface area (Å²) in [7, 11) is 2.00. The van der Waals surface area contributed by atoms with Crippen LogP contribution in [0.5, 0.6) is 0 Å². The Bertz CT molecular complexity index is 601. The minimum Gasteiger partial charge on any atom is -0.322 e. The van der Waals surface area contributed by atoms with Crippen molar-refractivity contribution in [3.05, 3.63) is 30.0 Å². The second kappa shape index (κ2) is 5.21. The molecule has 108 valence electrons. The summed E-state index contributed by atoms with van der Waals surface area (Å²) in [5, 5.41) is 5.92. The normalized spacial score (nSPS) is 28.7. The Kier molecular flexibility index (Phi) is 3.55. The molecule has 0 aliphatic heterocycles. The molecule has 3 nitrogen and oxygen atoms in total. The van der Waals surface area contributed by atoms with Gasteiger partial charge in [0.2, 0.25) is 0 Å². The highest BCUT2D eigenvalue weighted by Gasteiger charge is 2.31. The topological polar surface area (TPSA) is 43.8 Å². The summed E-state index contributed by atoms with van der Waals surface area (Å²) < 4.78 is 1.96. The molecule has 2 N–H and O–H groups in total. The maximum atomic E-state index is 6.58. The lowest BCUT2D eigenvalue weighted by Gasteiger charge is -2.34. The fourth-order valence-electron chi connectivity index (χ4n) is 3.63. The van der Waals surface area contributed by atoms with E-state index < -0.39 is 0 Å². The molecule has 1 aliphatic rings. The van der Waals surface area contributed by atoms with E-state index in [1.807, 2.05) is 11.7 Å². The zero-order valence-corrected chi connectivity index (χ0v) is 12.7. The summed E-state index contributed by atoms with van der Waals surface area (Å²) >= 11 is 0. The first-order valence-corrected chi connectivity index (χ1v) is 7.75. The van der Waals surface area contributed by atoms with Gasteiger partial charge in [0.1, 0.15) is 0 Å². The Hall–Kier alpha value is -1.35. The highest BCUT2D eigenvalue weighted by molar-refractivity contribution is 5.82. The Morgan fingerprint density at radius 2 is 1.95 bits per heavy atom. The summed E-state index contributed by atoms with van der Waals surface area (Å²) in [6.07, 6.45) is 3.76. The first-order chi connectivity index (χ1) is 9.58. The second-order valence-corrected chi connectivity index (χ2v) is 6.58. The van der Waals surface area contributed by atoms with Crippen LogP contribution >= 0.6 is 0 Å². The molecule has 1 aromatic carbocycles. The quantitative estimate of drug-likeness (QED) is 0.906. The molecule has 4 atom stereocenters. The van der Waals surface area contributed by atoms with E-state index in [1.54, 1.807) is 0 Å². The molecule has 0 amide bonds. The molecule has 4 unspecified atom stereocenters. The lowest BCUT2D eigenvalue weighted by Crippen LogP contribution is -2.29. The number of nitrogens with two attached hydrogens (primary N) is 1. The number of benzene rings is 1. The lowest BCUT2D eigenvalue weighted by atomic mass is 9.72. The molecule has 0 radical (unpaired) electrons. The average Bonchev–Trinajstić information content (AvgIpc) is 2.79. The van der Waals surface area contributed by atoms with E-state index in [2.05, 4.69) is 38.1 Å². The standard InChI is InChI=1S/C17H25N3/c1-11-8-9-13(10-12(11)2)16(18)17-14-6-4-5-7-15(14)20(3)19-17/h4-7,11-13,16H,8-10,18H2,1-3H3. The molecule has 0 spiro atoms. The van der Waals surface area contributed by atoms with Crippen LogP contribution in [0.3, 0.4) is 0 Å². The van der Waals surface area contributed by atoms with E-state index in [9.17, 15) is 0 Å². The maximum Gasteiger partial charge on any atom is 0.0873 e. The van der Waals surface area contributed by atoms with Crippen LogP contribution in [0.4, 0.5) is 0 Å². The number of aromatic nitrogens is 2. The van der Waals surface area contributed by atoms with Crippen LogP contribution in [0.2, 0.25) is 0 Å². The van der Waals surface area contributed by atoms with Gasteiger partial charge < -0.3 is 5.73 Å². The van der Waals surface area contributed by atoms with Gasteiger partial charge in [0.25, 0.3) is 0 Å². The molecule has 3 rings (SSSR count). The van der Waals surface area contributed by atoms with Crippen LogP contribution in [-0.2, 0) is 7.05 Å². The first kappa shape index (κ1) is 13.6. The molecule has 20 heavy (non-hydrogen) atoms. The highest BCUT2D eigenvalue weighted by Crippen LogP contribution is 2.39. The van der Waals surface area contributed by atoms with E-state index in [0.717, 1.165) is 17.5 Å². The van der Waals surface area contributed by atoms with Crippen molar-refractivity contribution in [2.75, 3.05) is 0 Å². The van der Waals surface area contributed by atoms with Crippen molar-refractivity contribution in [2.24, 2.45) is 30.5 Å². The zero-order chi connectivity index (χ0) is 14.3. The van der Waals surface area contributed by atoms with Crippen LogP contribution in [-0.4, -0.2) is 9.78 Å². The summed E-state index contributed by atoms with van der Waals surface area (Å²) in [6, 6.07) is 8.46. The third kappa shape index (κ3) is 2.24. The van der Waals surface area contributed by atoms with Gasteiger partial charge in [-0.3, -0.25) is 4.68 Å². The van der Waals surface area contributed by atoms with Crippen molar-refractivity contribution in [2.45, 2.75) is 39.2 Å². The SMILES string of the molecule is CC1CCC(C(N)c2nn(C)c3ccccc23)CC1C. The average molecular weight is 271 g/mol. The van der Waals surface area contributed by atoms with Crippen molar-refractivity contribution in [3.63, 3.8) is 0 Å². The molecule has 1 aromatic heterocycles. The first-order valence-electron chi connectivity index (χ1n) is 7.75. The van der Waals surface area contributed by atoms with E-state index in [0.29, 0.717) is 5.92 Å². The third-order valence-corrected chi connectivity index (χ3v) is 5.25. The van der Waals surface area contributed by atoms with Crippen molar-refractivity contribution in [1.29, 1.82) is 0 Å². The van der Waals surface area contributed by atoms with Gasteiger partial charge in [0, 0.05) is 12.4 Å². The molecular weight excluding hydrogens is 246 g/mol. The van der Waals surface area contributed by atoms with E-state index in [1.165, 1.54) is 30.2 Å². The molecule has 1 heterocycles. The predicted octanol–water partition coefficient (Wildman–Crippen LogP) is 3.65. The van der Waals surface area contributed by atoms with Gasteiger partial charge >= 0.3 is 0 Å². The Morgan fingerprint density at radius 3 is 2.70 bits per heavy atom. The van der Waals surface area contributed by atoms with Crippen LogP contribution in [0, 0.1) is 17.8 Å². The number of fused-ring (bicyclic) bond motifs is 1. The minimum absolute atomic E-state index is 0.0658.